The van der Waals surface area contributed by atoms with E-state index in [0.717, 1.165) is 12.0 Å². The number of nitrogens with zero attached hydrogens (tertiary/aromatic N) is 1. The molecule has 122 valence electrons. The number of hydrogen-bond acceptors (Lipinski definition) is 2. The van der Waals surface area contributed by atoms with E-state index in [0.29, 0.717) is 6.42 Å². The van der Waals surface area contributed by atoms with Gasteiger partial charge in [0.15, 0.2) is 0 Å². The molecule has 0 spiro atoms. The van der Waals surface area contributed by atoms with Crippen molar-refractivity contribution in [2.24, 2.45) is 0 Å². The molecular weight excluding hydrogens is 274 g/mol. The van der Waals surface area contributed by atoms with Gasteiger partial charge in [-0.2, -0.15) is 0 Å². The zero-order valence-corrected chi connectivity index (χ0v) is 14.8. The Labute approximate surface area is 134 Å². The third kappa shape index (κ3) is 4.97. The first-order valence-corrected chi connectivity index (χ1v) is 8.06. The third-order valence-corrected chi connectivity index (χ3v) is 3.90. The Morgan fingerprint density at radius 2 is 1.68 bits per heavy atom. The molecule has 0 saturated carbocycles. The molecule has 1 aromatic carbocycles. The quantitative estimate of drug-likeness (QED) is 0.787. The highest BCUT2D eigenvalue weighted by atomic mass is 16.2. The number of amides is 1. The van der Waals surface area contributed by atoms with E-state index >= 15 is 0 Å². The van der Waals surface area contributed by atoms with Gasteiger partial charge in [0, 0.05) is 6.42 Å². The van der Waals surface area contributed by atoms with E-state index in [4.69, 9.17) is 0 Å². The Morgan fingerprint density at radius 3 is 2.09 bits per heavy atom. The van der Waals surface area contributed by atoms with Crippen molar-refractivity contribution in [3.8, 4) is 0 Å². The van der Waals surface area contributed by atoms with E-state index in [1.54, 1.807) is 4.90 Å². The molecule has 0 saturated heterocycles. The fourth-order valence-electron chi connectivity index (χ4n) is 2.48. The summed E-state index contributed by atoms with van der Waals surface area (Å²) < 4.78 is 0. The summed E-state index contributed by atoms with van der Waals surface area (Å²) in [6, 6.07) is 8.27. The molecular formula is C19H29NO2. The minimum atomic E-state index is -0.0861. The van der Waals surface area contributed by atoms with Crippen LogP contribution in [0.3, 0.4) is 0 Å². The molecule has 0 radical (unpaired) electrons. The van der Waals surface area contributed by atoms with Crippen LogP contribution in [0.25, 0.3) is 0 Å². The van der Waals surface area contributed by atoms with Crippen LogP contribution in [0.4, 0.5) is 0 Å². The lowest BCUT2D eigenvalue weighted by Gasteiger charge is -2.29. The van der Waals surface area contributed by atoms with Gasteiger partial charge in [-0.1, -0.05) is 52.0 Å². The van der Waals surface area contributed by atoms with Gasteiger partial charge in [-0.3, -0.25) is 9.59 Å². The second-order valence-electron chi connectivity index (χ2n) is 7.02. The predicted molar refractivity (Wildman–Crippen MR) is 90.9 cm³/mol. The normalized spacial score (nSPS) is 12.8. The largest absolute Gasteiger partial charge is 0.329 e. The summed E-state index contributed by atoms with van der Waals surface area (Å²) in [5, 5.41) is 0. The van der Waals surface area contributed by atoms with Gasteiger partial charge in [0.2, 0.25) is 5.91 Å². The molecule has 0 aliphatic rings. The number of Topliss-reactive ketones (excluding diaryl/α,β-unsaturated/α-hetero) is 1. The van der Waals surface area contributed by atoms with Gasteiger partial charge in [-0.25, -0.2) is 0 Å². The van der Waals surface area contributed by atoms with Crippen molar-refractivity contribution in [2.45, 2.75) is 65.8 Å². The van der Waals surface area contributed by atoms with Crippen molar-refractivity contribution in [3.05, 3.63) is 35.4 Å². The van der Waals surface area contributed by atoms with E-state index in [-0.39, 0.29) is 29.7 Å². The first kappa shape index (κ1) is 18.4. The molecule has 0 fully saturated rings. The van der Waals surface area contributed by atoms with Crippen molar-refractivity contribution >= 4 is 11.7 Å². The maximum atomic E-state index is 12.3. The Hall–Kier alpha value is -1.64. The molecule has 1 rings (SSSR count). The molecule has 3 nitrogen and oxygen atoms in total. The minimum Gasteiger partial charge on any atom is -0.329 e. The number of benzene rings is 1. The maximum Gasteiger partial charge on any atom is 0.223 e. The molecule has 0 bridgehead atoms. The lowest BCUT2D eigenvalue weighted by molar-refractivity contribution is -0.137. The molecule has 22 heavy (non-hydrogen) atoms. The molecule has 1 aromatic rings. The van der Waals surface area contributed by atoms with Crippen LogP contribution in [-0.4, -0.2) is 23.1 Å². The second-order valence-corrected chi connectivity index (χ2v) is 7.02. The van der Waals surface area contributed by atoms with Crippen LogP contribution in [0.2, 0.25) is 0 Å². The second kappa shape index (κ2) is 7.57. The maximum absolute atomic E-state index is 12.3. The monoisotopic (exact) mass is 303 g/mol. The van der Waals surface area contributed by atoms with E-state index in [1.807, 2.05) is 13.8 Å². The molecule has 0 aliphatic heterocycles. The topological polar surface area (TPSA) is 37.4 Å². The average Bonchev–Trinajstić information content (AvgIpc) is 2.43. The van der Waals surface area contributed by atoms with Crippen LogP contribution in [0.5, 0.6) is 0 Å². The van der Waals surface area contributed by atoms with Crippen molar-refractivity contribution in [1.82, 2.24) is 4.90 Å². The molecule has 0 aliphatic carbocycles. The highest BCUT2D eigenvalue weighted by molar-refractivity contribution is 5.84. The molecule has 0 heterocycles. The number of carbonyl (C=O) groups is 2. The number of rotatable bonds is 6. The standard InChI is InChI=1S/C19H29NO2/c1-7-8-18(22)20(13-14(2)21)15(3)16-9-11-17(12-10-16)19(4,5)6/h9-12,15H,7-8,13H2,1-6H3. The molecule has 1 atom stereocenters. The van der Waals surface area contributed by atoms with E-state index < -0.39 is 0 Å². The van der Waals surface area contributed by atoms with Gasteiger partial charge < -0.3 is 4.90 Å². The fourth-order valence-corrected chi connectivity index (χ4v) is 2.48. The highest BCUT2D eigenvalue weighted by Gasteiger charge is 2.22. The van der Waals surface area contributed by atoms with Crippen LogP contribution in [0.1, 0.15) is 71.6 Å². The average molecular weight is 303 g/mol. The smallest absolute Gasteiger partial charge is 0.223 e. The Balaban J connectivity index is 3.00. The van der Waals surface area contributed by atoms with Crippen molar-refractivity contribution in [1.29, 1.82) is 0 Å². The van der Waals surface area contributed by atoms with Crippen LogP contribution >= 0.6 is 0 Å². The van der Waals surface area contributed by atoms with E-state index in [1.165, 1.54) is 12.5 Å². The molecule has 0 N–H and O–H groups in total. The Kier molecular flexibility index (Phi) is 6.34. The molecule has 0 aromatic heterocycles. The van der Waals surface area contributed by atoms with Crippen molar-refractivity contribution < 1.29 is 9.59 Å². The van der Waals surface area contributed by atoms with Gasteiger partial charge in [0.05, 0.1) is 12.6 Å². The first-order valence-electron chi connectivity index (χ1n) is 8.06. The third-order valence-electron chi connectivity index (χ3n) is 3.90. The zero-order chi connectivity index (χ0) is 16.9. The summed E-state index contributed by atoms with van der Waals surface area (Å²) in [5.41, 5.74) is 2.44. The van der Waals surface area contributed by atoms with Crippen molar-refractivity contribution in [3.63, 3.8) is 0 Å². The molecule has 3 heteroatoms. The number of carbonyl (C=O) groups excluding carboxylic acids is 2. The van der Waals surface area contributed by atoms with Gasteiger partial charge in [-0.15, -0.1) is 0 Å². The Bertz CT molecular complexity index is 511. The summed E-state index contributed by atoms with van der Waals surface area (Å²) in [7, 11) is 0. The van der Waals surface area contributed by atoms with Gasteiger partial charge in [-0.05, 0) is 36.8 Å². The van der Waals surface area contributed by atoms with E-state index in [9.17, 15) is 9.59 Å². The fraction of sp³-hybridized carbons (Fsp3) is 0.579. The molecule has 1 unspecified atom stereocenters. The zero-order valence-electron chi connectivity index (χ0n) is 14.8. The summed E-state index contributed by atoms with van der Waals surface area (Å²) in [4.78, 5) is 25.5. The van der Waals surface area contributed by atoms with Crippen LogP contribution in [0, 0.1) is 0 Å². The summed E-state index contributed by atoms with van der Waals surface area (Å²) >= 11 is 0. The lowest BCUT2D eigenvalue weighted by atomic mass is 9.86. The number of hydrogen-bond donors (Lipinski definition) is 0. The first-order chi connectivity index (χ1) is 10.2. The highest BCUT2D eigenvalue weighted by Crippen LogP contribution is 2.26. The lowest BCUT2D eigenvalue weighted by Crippen LogP contribution is -2.37. The van der Waals surface area contributed by atoms with E-state index in [2.05, 4.69) is 45.0 Å². The summed E-state index contributed by atoms with van der Waals surface area (Å²) in [6.45, 7) is 12.2. The van der Waals surface area contributed by atoms with Crippen LogP contribution in [-0.2, 0) is 15.0 Å². The van der Waals surface area contributed by atoms with Crippen molar-refractivity contribution in [2.75, 3.05) is 6.54 Å². The SMILES string of the molecule is CCCC(=O)N(CC(C)=O)C(C)c1ccc(C(C)(C)C)cc1. The van der Waals surface area contributed by atoms with Crippen LogP contribution < -0.4 is 0 Å². The number of ketones is 1. The Morgan fingerprint density at radius 1 is 1.14 bits per heavy atom. The predicted octanol–water partition coefficient (Wildman–Crippen LogP) is 4.26. The van der Waals surface area contributed by atoms with Gasteiger partial charge in [0.25, 0.3) is 0 Å². The minimum absolute atomic E-state index is 0.0163. The molecule has 1 amide bonds. The van der Waals surface area contributed by atoms with Gasteiger partial charge >= 0.3 is 0 Å². The summed E-state index contributed by atoms with van der Waals surface area (Å²) in [6.07, 6.45) is 1.28. The summed E-state index contributed by atoms with van der Waals surface area (Å²) in [5.74, 6) is 0.0627. The van der Waals surface area contributed by atoms with Gasteiger partial charge in [0.1, 0.15) is 5.78 Å². The van der Waals surface area contributed by atoms with Crippen LogP contribution in [0.15, 0.2) is 24.3 Å².